The van der Waals surface area contributed by atoms with E-state index in [0.29, 0.717) is 20.8 Å². The summed E-state index contributed by atoms with van der Waals surface area (Å²) in [6.07, 6.45) is 0. The Kier molecular flexibility index (Phi) is 4.80. The molecule has 0 amide bonds. The zero-order valence-corrected chi connectivity index (χ0v) is 12.2. The van der Waals surface area contributed by atoms with E-state index in [1.807, 2.05) is 0 Å². The van der Waals surface area contributed by atoms with E-state index in [1.165, 1.54) is 6.07 Å². The maximum atomic E-state index is 13.1. The Morgan fingerprint density at radius 3 is 2.74 bits per heavy atom. The van der Waals surface area contributed by atoms with E-state index >= 15 is 0 Å². The van der Waals surface area contributed by atoms with Crippen LogP contribution < -0.4 is 4.74 Å². The van der Waals surface area contributed by atoms with Gasteiger partial charge in [0.2, 0.25) is 0 Å². The molecule has 2 rings (SSSR count). The molecule has 0 heterocycles. The van der Waals surface area contributed by atoms with Crippen molar-refractivity contribution in [3.8, 4) is 5.75 Å². The van der Waals surface area contributed by atoms with Crippen LogP contribution in [-0.2, 0) is 13.2 Å². The van der Waals surface area contributed by atoms with Gasteiger partial charge in [0.25, 0.3) is 0 Å². The summed E-state index contributed by atoms with van der Waals surface area (Å²) in [5.74, 6) is 0.206. The van der Waals surface area contributed by atoms with Gasteiger partial charge in [-0.25, -0.2) is 4.39 Å². The average molecular weight is 346 g/mol. The molecule has 0 aromatic heterocycles. The summed E-state index contributed by atoms with van der Waals surface area (Å²) in [5, 5.41) is 9.71. The van der Waals surface area contributed by atoms with Gasteiger partial charge in [-0.05, 0) is 45.8 Å². The third kappa shape index (κ3) is 3.47. The molecule has 5 heteroatoms. The zero-order chi connectivity index (χ0) is 13.8. The maximum absolute atomic E-state index is 13.1. The fourth-order valence-electron chi connectivity index (χ4n) is 1.62. The van der Waals surface area contributed by atoms with Crippen molar-refractivity contribution in [1.82, 2.24) is 0 Å². The van der Waals surface area contributed by atoms with Gasteiger partial charge in [0.05, 0.1) is 11.1 Å². The first-order chi connectivity index (χ1) is 9.11. The second kappa shape index (κ2) is 6.37. The Labute approximate surface area is 123 Å². The highest BCUT2D eigenvalue weighted by Gasteiger charge is 2.08. The molecule has 0 unspecified atom stereocenters. The van der Waals surface area contributed by atoms with E-state index in [4.69, 9.17) is 16.3 Å². The largest absolute Gasteiger partial charge is 0.488 e. The topological polar surface area (TPSA) is 29.5 Å². The molecule has 2 aromatic rings. The SMILES string of the molecule is OCc1c(Cl)cccc1OCc1ccc(F)c(Br)c1. The van der Waals surface area contributed by atoms with Crippen molar-refractivity contribution in [3.05, 3.63) is 62.8 Å². The first-order valence-electron chi connectivity index (χ1n) is 5.57. The molecule has 0 fully saturated rings. The third-order valence-corrected chi connectivity index (χ3v) is 3.57. The Morgan fingerprint density at radius 1 is 1.26 bits per heavy atom. The first-order valence-corrected chi connectivity index (χ1v) is 6.74. The van der Waals surface area contributed by atoms with Crippen molar-refractivity contribution in [3.63, 3.8) is 0 Å². The minimum Gasteiger partial charge on any atom is -0.488 e. The number of rotatable bonds is 4. The van der Waals surface area contributed by atoms with Crippen LogP contribution in [0.5, 0.6) is 5.75 Å². The highest BCUT2D eigenvalue weighted by Crippen LogP contribution is 2.27. The van der Waals surface area contributed by atoms with Crippen LogP contribution in [0.25, 0.3) is 0 Å². The van der Waals surface area contributed by atoms with Crippen molar-refractivity contribution in [2.45, 2.75) is 13.2 Å². The third-order valence-electron chi connectivity index (χ3n) is 2.61. The summed E-state index contributed by atoms with van der Waals surface area (Å²) in [7, 11) is 0. The van der Waals surface area contributed by atoms with Gasteiger partial charge >= 0.3 is 0 Å². The number of hydrogen-bond acceptors (Lipinski definition) is 2. The van der Waals surface area contributed by atoms with Crippen LogP contribution in [0, 0.1) is 5.82 Å². The van der Waals surface area contributed by atoms with Crippen LogP contribution in [0.4, 0.5) is 4.39 Å². The van der Waals surface area contributed by atoms with E-state index in [0.717, 1.165) is 5.56 Å². The number of aliphatic hydroxyl groups is 1. The number of hydrogen-bond donors (Lipinski definition) is 1. The molecule has 1 N–H and O–H groups in total. The van der Waals surface area contributed by atoms with Crippen LogP contribution in [-0.4, -0.2) is 5.11 Å². The fourth-order valence-corrected chi connectivity index (χ4v) is 2.27. The number of aliphatic hydroxyl groups excluding tert-OH is 1. The molecule has 0 saturated carbocycles. The lowest BCUT2D eigenvalue weighted by Crippen LogP contribution is -1.99. The molecule has 0 radical (unpaired) electrons. The van der Waals surface area contributed by atoms with Crippen molar-refractivity contribution >= 4 is 27.5 Å². The fraction of sp³-hybridized carbons (Fsp3) is 0.143. The zero-order valence-electron chi connectivity index (χ0n) is 9.87. The minimum absolute atomic E-state index is 0.192. The summed E-state index contributed by atoms with van der Waals surface area (Å²) >= 11 is 9.08. The van der Waals surface area contributed by atoms with Gasteiger partial charge in [-0.1, -0.05) is 23.7 Å². The van der Waals surface area contributed by atoms with Crippen molar-refractivity contribution in [2.24, 2.45) is 0 Å². The van der Waals surface area contributed by atoms with Crippen LogP contribution in [0.3, 0.4) is 0 Å². The van der Waals surface area contributed by atoms with Crippen molar-refractivity contribution in [2.75, 3.05) is 0 Å². The maximum Gasteiger partial charge on any atom is 0.137 e. The van der Waals surface area contributed by atoms with Gasteiger partial charge in [0.15, 0.2) is 0 Å². The van der Waals surface area contributed by atoms with E-state index < -0.39 is 0 Å². The second-order valence-electron chi connectivity index (χ2n) is 3.91. The Balaban J connectivity index is 2.14. The van der Waals surface area contributed by atoms with Gasteiger partial charge in [0.1, 0.15) is 18.2 Å². The molecule has 0 saturated heterocycles. The summed E-state index contributed by atoms with van der Waals surface area (Å²) in [6.45, 7) is 0.0777. The molecule has 100 valence electrons. The molecule has 0 atom stereocenters. The van der Waals surface area contributed by atoms with Crippen LogP contribution in [0.15, 0.2) is 40.9 Å². The highest BCUT2D eigenvalue weighted by atomic mass is 79.9. The summed E-state index contributed by atoms with van der Waals surface area (Å²) < 4.78 is 19.1. The number of halogens is 3. The quantitative estimate of drug-likeness (QED) is 0.894. The predicted octanol–water partition coefficient (Wildman–Crippen LogP) is 4.31. The Morgan fingerprint density at radius 2 is 2.05 bits per heavy atom. The minimum atomic E-state index is -0.317. The molecular weight excluding hydrogens is 335 g/mol. The Bertz CT molecular complexity index is 590. The molecule has 0 bridgehead atoms. The first kappa shape index (κ1) is 14.3. The molecule has 0 aliphatic rings. The van der Waals surface area contributed by atoms with Gasteiger partial charge in [-0.2, -0.15) is 0 Å². The van der Waals surface area contributed by atoms with Gasteiger partial charge in [-0.15, -0.1) is 0 Å². The summed E-state index contributed by atoms with van der Waals surface area (Å²) in [4.78, 5) is 0. The standard InChI is InChI=1S/C14H11BrClFO2/c15-11-6-9(4-5-13(11)17)8-19-14-3-1-2-12(16)10(14)7-18/h1-6,18H,7-8H2. The van der Waals surface area contributed by atoms with E-state index in [1.54, 1.807) is 30.3 Å². The lowest BCUT2D eigenvalue weighted by Gasteiger charge is -2.11. The molecule has 2 nitrogen and oxygen atoms in total. The molecule has 0 aliphatic heterocycles. The van der Waals surface area contributed by atoms with Crippen LogP contribution in [0.1, 0.15) is 11.1 Å². The predicted molar refractivity (Wildman–Crippen MR) is 75.8 cm³/mol. The summed E-state index contributed by atoms with van der Waals surface area (Å²) in [6, 6.07) is 9.83. The highest BCUT2D eigenvalue weighted by molar-refractivity contribution is 9.10. The van der Waals surface area contributed by atoms with Gasteiger partial charge in [0, 0.05) is 10.6 Å². The van der Waals surface area contributed by atoms with Gasteiger partial charge < -0.3 is 9.84 Å². The molecule has 0 spiro atoms. The average Bonchev–Trinajstić information content (AvgIpc) is 2.40. The van der Waals surface area contributed by atoms with Crippen molar-refractivity contribution in [1.29, 1.82) is 0 Å². The number of benzene rings is 2. The summed E-state index contributed by atoms with van der Waals surface area (Å²) in [5.41, 5.74) is 1.36. The van der Waals surface area contributed by atoms with Crippen molar-refractivity contribution < 1.29 is 14.2 Å². The van der Waals surface area contributed by atoms with Crippen LogP contribution >= 0.6 is 27.5 Å². The van der Waals surface area contributed by atoms with E-state index in [2.05, 4.69) is 15.9 Å². The lowest BCUT2D eigenvalue weighted by atomic mass is 10.2. The van der Waals surface area contributed by atoms with E-state index in [9.17, 15) is 9.50 Å². The van der Waals surface area contributed by atoms with Gasteiger partial charge in [-0.3, -0.25) is 0 Å². The molecule has 19 heavy (non-hydrogen) atoms. The monoisotopic (exact) mass is 344 g/mol. The van der Waals surface area contributed by atoms with E-state index in [-0.39, 0.29) is 19.0 Å². The normalized spacial score (nSPS) is 10.5. The Hall–Kier alpha value is -1.10. The molecular formula is C14H11BrClFO2. The smallest absolute Gasteiger partial charge is 0.137 e. The van der Waals surface area contributed by atoms with Crippen LogP contribution in [0.2, 0.25) is 5.02 Å². The molecule has 0 aliphatic carbocycles. The molecule has 2 aromatic carbocycles. The number of ether oxygens (including phenoxy) is 1. The lowest BCUT2D eigenvalue weighted by molar-refractivity contribution is 0.259. The second-order valence-corrected chi connectivity index (χ2v) is 5.17.